The fourth-order valence-corrected chi connectivity index (χ4v) is 1.52. The second kappa shape index (κ2) is 6.60. The molecule has 0 saturated heterocycles. The van der Waals surface area contributed by atoms with E-state index >= 15 is 0 Å². The summed E-state index contributed by atoms with van der Waals surface area (Å²) in [6.45, 7) is 1.43. The molecular weight excluding hydrogens is 178 g/mol. The van der Waals surface area contributed by atoms with Crippen LogP contribution in [0, 0.1) is 0 Å². The van der Waals surface area contributed by atoms with Gasteiger partial charge in [-0.1, -0.05) is 12.8 Å². The van der Waals surface area contributed by atoms with Gasteiger partial charge in [0.2, 0.25) is 0 Å². The van der Waals surface area contributed by atoms with Crippen molar-refractivity contribution >= 4 is 5.78 Å². The topological polar surface area (TPSA) is 52.3 Å². The minimum Gasteiger partial charge on any atom is -0.490 e. The highest BCUT2D eigenvalue weighted by Gasteiger charge is 2.13. The number of carbonyl (C=O) groups is 1. The lowest BCUT2D eigenvalue weighted by molar-refractivity contribution is -0.118. The van der Waals surface area contributed by atoms with Crippen LogP contribution in [0.1, 0.15) is 38.5 Å². The molecule has 0 aliphatic carbocycles. The Hall–Kier alpha value is -0.830. The highest BCUT2D eigenvalue weighted by atomic mass is 16.5. The van der Waals surface area contributed by atoms with Crippen LogP contribution >= 0.6 is 0 Å². The largest absolute Gasteiger partial charge is 0.490 e. The molecule has 0 spiro atoms. The normalized spacial score (nSPS) is 15.1. The summed E-state index contributed by atoms with van der Waals surface area (Å²) >= 11 is 0. The zero-order valence-corrected chi connectivity index (χ0v) is 8.63. The van der Waals surface area contributed by atoms with E-state index in [1.54, 1.807) is 0 Å². The van der Waals surface area contributed by atoms with Crippen LogP contribution in [0.3, 0.4) is 0 Å². The summed E-state index contributed by atoms with van der Waals surface area (Å²) < 4.78 is 5.18. The maximum Gasteiger partial charge on any atom is 0.197 e. The van der Waals surface area contributed by atoms with Gasteiger partial charge in [-0.05, 0) is 25.5 Å². The minimum absolute atomic E-state index is 0.162. The molecule has 0 aromatic heterocycles. The Balaban J connectivity index is 2.03. The van der Waals surface area contributed by atoms with Crippen molar-refractivity contribution in [2.24, 2.45) is 5.73 Å². The average Bonchev–Trinajstić information content (AvgIpc) is 2.70. The molecule has 80 valence electrons. The SMILES string of the molecule is NCCCCCCC(=O)C1=CCCO1. The monoisotopic (exact) mass is 197 g/mol. The van der Waals surface area contributed by atoms with Gasteiger partial charge in [0.1, 0.15) is 0 Å². The molecule has 1 rings (SSSR count). The van der Waals surface area contributed by atoms with Gasteiger partial charge < -0.3 is 10.5 Å². The quantitative estimate of drug-likeness (QED) is 0.633. The predicted molar refractivity (Wildman–Crippen MR) is 55.8 cm³/mol. The first-order valence-corrected chi connectivity index (χ1v) is 5.41. The van der Waals surface area contributed by atoms with Crippen molar-refractivity contribution in [2.75, 3.05) is 13.2 Å². The molecule has 1 aliphatic heterocycles. The third-order valence-corrected chi connectivity index (χ3v) is 2.34. The van der Waals surface area contributed by atoms with Gasteiger partial charge in [-0.15, -0.1) is 0 Å². The molecule has 0 unspecified atom stereocenters. The van der Waals surface area contributed by atoms with Crippen molar-refractivity contribution in [3.05, 3.63) is 11.8 Å². The van der Waals surface area contributed by atoms with Crippen LogP contribution < -0.4 is 5.73 Å². The summed E-state index contributed by atoms with van der Waals surface area (Å²) in [7, 11) is 0. The van der Waals surface area contributed by atoms with E-state index in [0.29, 0.717) is 18.8 Å². The molecule has 0 radical (unpaired) electrons. The highest BCUT2D eigenvalue weighted by Crippen LogP contribution is 2.14. The van der Waals surface area contributed by atoms with Crippen LogP contribution in [0.5, 0.6) is 0 Å². The van der Waals surface area contributed by atoms with Gasteiger partial charge in [0.05, 0.1) is 6.61 Å². The van der Waals surface area contributed by atoms with E-state index in [0.717, 1.165) is 38.6 Å². The van der Waals surface area contributed by atoms with Gasteiger partial charge in [-0.3, -0.25) is 4.79 Å². The summed E-state index contributed by atoms with van der Waals surface area (Å²) in [6, 6.07) is 0. The number of unbranched alkanes of at least 4 members (excludes halogenated alkanes) is 3. The lowest BCUT2D eigenvalue weighted by atomic mass is 10.1. The zero-order chi connectivity index (χ0) is 10.2. The maximum absolute atomic E-state index is 11.5. The molecule has 0 atom stereocenters. The summed E-state index contributed by atoms with van der Waals surface area (Å²) in [5.74, 6) is 0.749. The molecule has 1 aliphatic rings. The molecule has 0 amide bonds. The number of ketones is 1. The lowest BCUT2D eigenvalue weighted by Gasteiger charge is -2.02. The molecule has 2 N–H and O–H groups in total. The number of carbonyl (C=O) groups excluding carboxylic acids is 1. The first-order chi connectivity index (χ1) is 6.84. The number of Topliss-reactive ketones (excluding diaryl/α,β-unsaturated/α-hetero) is 1. The Morgan fingerprint density at radius 2 is 2.14 bits per heavy atom. The second-order valence-corrected chi connectivity index (χ2v) is 3.58. The Labute approximate surface area is 85.3 Å². The average molecular weight is 197 g/mol. The van der Waals surface area contributed by atoms with Crippen LogP contribution in [-0.2, 0) is 9.53 Å². The van der Waals surface area contributed by atoms with Gasteiger partial charge in [0.15, 0.2) is 11.5 Å². The van der Waals surface area contributed by atoms with Crippen molar-refractivity contribution < 1.29 is 9.53 Å². The number of rotatable bonds is 7. The molecule has 0 fully saturated rings. The Kier molecular flexibility index (Phi) is 5.30. The van der Waals surface area contributed by atoms with E-state index in [1.807, 2.05) is 6.08 Å². The third kappa shape index (κ3) is 3.92. The number of allylic oxidation sites excluding steroid dienone is 1. The van der Waals surface area contributed by atoms with Gasteiger partial charge in [-0.25, -0.2) is 0 Å². The minimum atomic E-state index is 0.162. The Bertz CT molecular complexity index is 211. The van der Waals surface area contributed by atoms with Gasteiger partial charge in [-0.2, -0.15) is 0 Å². The first-order valence-electron chi connectivity index (χ1n) is 5.41. The Morgan fingerprint density at radius 1 is 1.36 bits per heavy atom. The molecule has 0 aromatic rings. The molecule has 1 heterocycles. The van der Waals surface area contributed by atoms with Gasteiger partial charge in [0.25, 0.3) is 0 Å². The van der Waals surface area contributed by atoms with Crippen molar-refractivity contribution in [3.8, 4) is 0 Å². The van der Waals surface area contributed by atoms with E-state index in [-0.39, 0.29) is 5.78 Å². The molecule has 3 heteroatoms. The summed E-state index contributed by atoms with van der Waals surface area (Å²) in [4.78, 5) is 11.5. The predicted octanol–water partition coefficient (Wildman–Crippen LogP) is 1.77. The number of ether oxygens (including phenoxy) is 1. The third-order valence-electron chi connectivity index (χ3n) is 2.34. The molecular formula is C11H19NO2. The molecule has 0 bridgehead atoms. The van der Waals surface area contributed by atoms with E-state index in [9.17, 15) is 4.79 Å². The molecule has 14 heavy (non-hydrogen) atoms. The number of nitrogens with two attached hydrogens (primary N) is 1. The summed E-state index contributed by atoms with van der Waals surface area (Å²) in [6.07, 6.45) is 7.64. The summed E-state index contributed by atoms with van der Waals surface area (Å²) in [5, 5.41) is 0. The van der Waals surface area contributed by atoms with Crippen LogP contribution in [0.2, 0.25) is 0 Å². The number of hydrogen-bond acceptors (Lipinski definition) is 3. The molecule has 0 saturated carbocycles. The van der Waals surface area contributed by atoms with Crippen molar-refractivity contribution in [1.29, 1.82) is 0 Å². The Morgan fingerprint density at radius 3 is 2.79 bits per heavy atom. The van der Waals surface area contributed by atoms with E-state index in [4.69, 9.17) is 10.5 Å². The van der Waals surface area contributed by atoms with E-state index < -0.39 is 0 Å². The fraction of sp³-hybridized carbons (Fsp3) is 0.727. The summed E-state index contributed by atoms with van der Waals surface area (Å²) in [5.41, 5.74) is 5.37. The van der Waals surface area contributed by atoms with Crippen LogP contribution in [-0.4, -0.2) is 18.9 Å². The van der Waals surface area contributed by atoms with E-state index in [2.05, 4.69) is 0 Å². The van der Waals surface area contributed by atoms with E-state index in [1.165, 1.54) is 0 Å². The lowest BCUT2D eigenvalue weighted by Crippen LogP contribution is -2.03. The zero-order valence-electron chi connectivity index (χ0n) is 8.63. The maximum atomic E-state index is 11.5. The van der Waals surface area contributed by atoms with Crippen molar-refractivity contribution in [2.45, 2.75) is 38.5 Å². The fourth-order valence-electron chi connectivity index (χ4n) is 1.52. The molecule has 3 nitrogen and oxygen atoms in total. The van der Waals surface area contributed by atoms with Gasteiger partial charge in [0, 0.05) is 12.8 Å². The van der Waals surface area contributed by atoms with Crippen molar-refractivity contribution in [1.82, 2.24) is 0 Å². The molecule has 0 aromatic carbocycles. The smallest absolute Gasteiger partial charge is 0.197 e. The number of hydrogen-bond donors (Lipinski definition) is 1. The van der Waals surface area contributed by atoms with Gasteiger partial charge >= 0.3 is 0 Å². The van der Waals surface area contributed by atoms with Crippen LogP contribution in [0.15, 0.2) is 11.8 Å². The second-order valence-electron chi connectivity index (χ2n) is 3.58. The van der Waals surface area contributed by atoms with Crippen molar-refractivity contribution in [3.63, 3.8) is 0 Å². The van der Waals surface area contributed by atoms with Crippen LogP contribution in [0.25, 0.3) is 0 Å². The van der Waals surface area contributed by atoms with Crippen LogP contribution in [0.4, 0.5) is 0 Å². The first kappa shape index (κ1) is 11.2. The standard InChI is InChI=1S/C11H19NO2/c12-8-4-2-1-3-6-10(13)11-7-5-9-14-11/h7H,1-6,8-9,12H2. The highest BCUT2D eigenvalue weighted by molar-refractivity contribution is 5.93.